The zero-order valence-corrected chi connectivity index (χ0v) is 20.7. The normalized spacial score (nSPS) is 49.1. The monoisotopic (exact) mass is 446 g/mol. The predicted molar refractivity (Wildman–Crippen MR) is 121 cm³/mol. The van der Waals surface area contributed by atoms with Gasteiger partial charge in [0.05, 0.1) is 32.0 Å². The van der Waals surface area contributed by atoms with Crippen LogP contribution in [0.1, 0.15) is 79.6 Å². The van der Waals surface area contributed by atoms with Crippen molar-refractivity contribution in [1.29, 1.82) is 0 Å². The summed E-state index contributed by atoms with van der Waals surface area (Å²) in [5.74, 6) is 0.235. The second-order valence-electron chi connectivity index (χ2n) is 13.2. The molecule has 2 spiro atoms. The highest BCUT2D eigenvalue weighted by molar-refractivity contribution is 5.31. The molecule has 0 bridgehead atoms. The van der Waals surface area contributed by atoms with E-state index in [1.54, 1.807) is 0 Å². The third-order valence-electron chi connectivity index (χ3n) is 11.0. The first-order valence-corrected chi connectivity index (χ1v) is 13.0. The molecule has 1 N–H and O–H groups in total. The van der Waals surface area contributed by atoms with E-state index in [-0.39, 0.29) is 22.2 Å². The summed E-state index contributed by atoms with van der Waals surface area (Å²) in [5, 5.41) is 12.8. The summed E-state index contributed by atoms with van der Waals surface area (Å²) in [6.07, 6.45) is 9.15. The van der Waals surface area contributed by atoms with E-state index in [1.807, 2.05) is 0 Å². The Hall–Kier alpha value is -0.460. The van der Waals surface area contributed by atoms with Gasteiger partial charge in [-0.05, 0) is 48.3 Å². The summed E-state index contributed by atoms with van der Waals surface area (Å²) in [5.41, 5.74) is 0.222. The molecule has 0 aromatic rings. The van der Waals surface area contributed by atoms with Gasteiger partial charge >= 0.3 is 0 Å². The van der Waals surface area contributed by atoms with Gasteiger partial charge < -0.3 is 24.1 Å². The Morgan fingerprint density at radius 3 is 2.25 bits per heavy atom. The molecule has 2 aliphatic heterocycles. The van der Waals surface area contributed by atoms with Crippen molar-refractivity contribution in [2.24, 2.45) is 34.0 Å². The molecule has 3 saturated carbocycles. The molecule has 6 rings (SSSR count). The lowest BCUT2D eigenvalue weighted by Crippen LogP contribution is -2.69. The number of hydrogen-bond donors (Lipinski definition) is 1. The van der Waals surface area contributed by atoms with Crippen molar-refractivity contribution in [2.45, 2.75) is 96.7 Å². The highest BCUT2D eigenvalue weighted by Gasteiger charge is 2.74. The molecule has 0 amide bonds. The summed E-state index contributed by atoms with van der Waals surface area (Å²) < 4.78 is 25.0. The Labute approximate surface area is 193 Å². The molecule has 6 atom stereocenters. The van der Waals surface area contributed by atoms with Crippen LogP contribution in [-0.4, -0.2) is 48.7 Å². The van der Waals surface area contributed by atoms with Crippen LogP contribution in [0.4, 0.5) is 0 Å². The van der Waals surface area contributed by atoms with Crippen molar-refractivity contribution < 1.29 is 24.1 Å². The molecule has 5 nitrogen and oxygen atoms in total. The quantitative estimate of drug-likeness (QED) is 0.541. The van der Waals surface area contributed by atoms with E-state index in [0.29, 0.717) is 38.3 Å². The van der Waals surface area contributed by atoms with Crippen LogP contribution in [0.5, 0.6) is 0 Å². The Morgan fingerprint density at radius 2 is 1.59 bits per heavy atom. The van der Waals surface area contributed by atoms with Crippen molar-refractivity contribution >= 4 is 0 Å². The van der Waals surface area contributed by atoms with E-state index in [2.05, 4.69) is 40.7 Å². The van der Waals surface area contributed by atoms with Gasteiger partial charge in [0.1, 0.15) is 0 Å². The highest BCUT2D eigenvalue weighted by atomic mass is 16.7. The fraction of sp³-hybridized carbons (Fsp3) is 0.926. The second kappa shape index (κ2) is 6.60. The average Bonchev–Trinajstić information content (AvgIpc) is 3.43. The van der Waals surface area contributed by atoms with Gasteiger partial charge in [0, 0.05) is 30.6 Å². The Bertz CT molecular complexity index is 816. The minimum absolute atomic E-state index is 0.0278. The molecule has 5 fully saturated rings. The van der Waals surface area contributed by atoms with Crippen LogP contribution in [0, 0.1) is 34.0 Å². The van der Waals surface area contributed by atoms with Gasteiger partial charge in [0.2, 0.25) is 0 Å². The lowest BCUT2D eigenvalue weighted by Gasteiger charge is -2.67. The van der Waals surface area contributed by atoms with E-state index >= 15 is 0 Å². The van der Waals surface area contributed by atoms with Gasteiger partial charge in [0.25, 0.3) is 0 Å². The van der Waals surface area contributed by atoms with Gasteiger partial charge in [0.15, 0.2) is 11.6 Å². The number of ether oxygens (including phenoxy) is 4. The van der Waals surface area contributed by atoms with E-state index in [0.717, 1.165) is 44.9 Å². The smallest absolute Gasteiger partial charge is 0.174 e. The van der Waals surface area contributed by atoms with E-state index < -0.39 is 17.2 Å². The fourth-order valence-corrected chi connectivity index (χ4v) is 9.27. The average molecular weight is 447 g/mol. The maximum absolute atomic E-state index is 12.8. The van der Waals surface area contributed by atoms with Crippen LogP contribution in [0.25, 0.3) is 0 Å². The summed E-state index contributed by atoms with van der Waals surface area (Å²) >= 11 is 0. The largest absolute Gasteiger partial charge is 0.389 e. The van der Waals surface area contributed by atoms with Gasteiger partial charge in [-0.3, -0.25) is 0 Å². The molecule has 0 aromatic carbocycles. The van der Waals surface area contributed by atoms with Crippen molar-refractivity contribution in [3.8, 4) is 0 Å². The molecule has 6 aliphatic rings. The first kappa shape index (κ1) is 22.0. The Morgan fingerprint density at radius 1 is 0.938 bits per heavy atom. The second-order valence-corrected chi connectivity index (χ2v) is 13.2. The SMILES string of the molecule is CC12CCC3(CC1=CCC1C4CCC5(OCCO5)C4(C)CC(O)(C(C)(C)C)C12)OCCO3. The minimum Gasteiger partial charge on any atom is -0.389 e. The van der Waals surface area contributed by atoms with Crippen LogP contribution in [-0.2, 0) is 18.9 Å². The molecule has 32 heavy (non-hydrogen) atoms. The first-order chi connectivity index (χ1) is 15.0. The topological polar surface area (TPSA) is 57.2 Å². The van der Waals surface area contributed by atoms with Gasteiger partial charge in [-0.2, -0.15) is 0 Å². The van der Waals surface area contributed by atoms with Crippen LogP contribution in [0.2, 0.25) is 0 Å². The molecule has 5 heteroatoms. The number of aliphatic hydroxyl groups is 1. The highest BCUT2D eigenvalue weighted by Crippen LogP contribution is 2.73. The summed E-state index contributed by atoms with van der Waals surface area (Å²) in [6.45, 7) is 14.3. The maximum Gasteiger partial charge on any atom is 0.174 e. The molecule has 0 aromatic heterocycles. The standard InChI is InChI=1S/C27H42O5/c1-22(2,3)26(28)17-24(5)20(8-9-27(24)31-14-15-32-27)19-7-6-18-16-25(29-12-13-30-25)11-10-23(18,4)21(19)26/h6,19-21,28H,7-17H2,1-5H3. The van der Waals surface area contributed by atoms with Crippen LogP contribution in [0.3, 0.4) is 0 Å². The molecule has 2 heterocycles. The lowest BCUT2D eigenvalue weighted by atomic mass is 9.40. The van der Waals surface area contributed by atoms with Gasteiger partial charge in [-0.15, -0.1) is 0 Å². The van der Waals surface area contributed by atoms with Crippen LogP contribution in [0.15, 0.2) is 11.6 Å². The molecule has 180 valence electrons. The Balaban J connectivity index is 1.46. The summed E-state index contributed by atoms with van der Waals surface area (Å²) in [7, 11) is 0. The van der Waals surface area contributed by atoms with Crippen LogP contribution < -0.4 is 0 Å². The number of allylic oxidation sites excluding steroid dienone is 1. The number of hydrogen-bond acceptors (Lipinski definition) is 5. The third kappa shape index (κ3) is 2.58. The molecule has 4 aliphatic carbocycles. The molecule has 0 radical (unpaired) electrons. The molecular formula is C27H42O5. The van der Waals surface area contributed by atoms with Crippen molar-refractivity contribution in [1.82, 2.24) is 0 Å². The number of rotatable bonds is 0. The zero-order chi connectivity index (χ0) is 22.6. The Kier molecular flexibility index (Phi) is 4.54. The first-order valence-electron chi connectivity index (χ1n) is 13.0. The molecule has 2 saturated heterocycles. The number of fused-ring (bicyclic) bond motifs is 6. The summed E-state index contributed by atoms with van der Waals surface area (Å²) in [6, 6.07) is 0. The molecule has 6 unspecified atom stereocenters. The lowest BCUT2D eigenvalue weighted by molar-refractivity contribution is -0.295. The maximum atomic E-state index is 12.8. The minimum atomic E-state index is -0.800. The zero-order valence-electron chi connectivity index (χ0n) is 20.7. The van der Waals surface area contributed by atoms with Crippen molar-refractivity contribution in [2.75, 3.05) is 26.4 Å². The van der Waals surface area contributed by atoms with Crippen molar-refractivity contribution in [3.63, 3.8) is 0 Å². The van der Waals surface area contributed by atoms with Gasteiger partial charge in [-0.25, -0.2) is 0 Å². The third-order valence-corrected chi connectivity index (χ3v) is 11.0. The van der Waals surface area contributed by atoms with Crippen LogP contribution >= 0.6 is 0 Å². The van der Waals surface area contributed by atoms with E-state index in [1.165, 1.54) is 5.57 Å². The summed E-state index contributed by atoms with van der Waals surface area (Å²) in [4.78, 5) is 0. The van der Waals surface area contributed by atoms with Crippen molar-refractivity contribution in [3.05, 3.63) is 11.6 Å². The fourth-order valence-electron chi connectivity index (χ4n) is 9.27. The van der Waals surface area contributed by atoms with E-state index in [9.17, 15) is 5.11 Å². The van der Waals surface area contributed by atoms with Gasteiger partial charge in [-0.1, -0.05) is 46.3 Å². The predicted octanol–water partition coefficient (Wildman–Crippen LogP) is 4.82. The van der Waals surface area contributed by atoms with E-state index in [4.69, 9.17) is 18.9 Å². The molecular weight excluding hydrogens is 404 g/mol.